The fraction of sp³-hybridized carbons (Fsp3) is 0.333. The molecular weight excluding hydrogens is 424 g/mol. The van der Waals surface area contributed by atoms with Crippen LogP contribution in [0.3, 0.4) is 0 Å². The first-order valence-electron chi connectivity index (χ1n) is 9.27. The molecule has 2 aliphatic heterocycles. The summed E-state index contributed by atoms with van der Waals surface area (Å²) in [6.45, 7) is 3.32. The molecule has 0 saturated carbocycles. The molecule has 0 N–H and O–H groups in total. The predicted molar refractivity (Wildman–Crippen MR) is 99.7 cm³/mol. The molecule has 0 radical (unpaired) electrons. The Morgan fingerprint density at radius 3 is 2.47 bits per heavy atom. The molecule has 3 atom stereocenters. The molecule has 0 amide bonds. The largest absolute Gasteiger partial charge is 0.490 e. The first-order valence-corrected chi connectivity index (χ1v) is 10.8. The predicted octanol–water partition coefficient (Wildman–Crippen LogP) is 4.29. The van der Waals surface area contributed by atoms with Crippen LogP contribution in [0.2, 0.25) is 0 Å². The Morgan fingerprint density at radius 1 is 1.07 bits per heavy atom. The maximum Gasteiger partial charge on any atom is 0.189 e. The van der Waals surface area contributed by atoms with Crippen LogP contribution in [0.1, 0.15) is 18.4 Å². The highest BCUT2D eigenvalue weighted by Crippen LogP contribution is 2.55. The quantitative estimate of drug-likeness (QED) is 0.403. The molecule has 0 bridgehead atoms. The summed E-state index contributed by atoms with van der Waals surface area (Å²) in [4.78, 5) is -0.526. The van der Waals surface area contributed by atoms with Gasteiger partial charge >= 0.3 is 0 Å². The molecule has 2 aromatic carbocycles. The van der Waals surface area contributed by atoms with Crippen LogP contribution in [-0.2, 0) is 19.3 Å². The van der Waals surface area contributed by atoms with E-state index in [1.807, 2.05) is 0 Å². The van der Waals surface area contributed by atoms with Crippen molar-refractivity contribution in [3.05, 3.63) is 71.8 Å². The van der Waals surface area contributed by atoms with E-state index in [0.29, 0.717) is 12.1 Å². The standard InChI is InChI=1S/C21H18F4O4S/c1-2-3-18-13-11-29-20-16(24)7-6-15(23)19(20)21(13,8-9-28-18)30(26,27)12-4-5-14(22)17(25)10-12/h2,4-7,10,13,18H,1,3,8-9,11H2/t13-,18-,21-/m0/s1. The van der Waals surface area contributed by atoms with Crippen LogP contribution in [0.15, 0.2) is 47.9 Å². The Hall–Kier alpha value is -2.39. The van der Waals surface area contributed by atoms with Crippen molar-refractivity contribution in [1.29, 1.82) is 0 Å². The third-order valence-electron chi connectivity index (χ3n) is 5.82. The molecule has 1 saturated heterocycles. The summed E-state index contributed by atoms with van der Waals surface area (Å²) in [5.74, 6) is -5.85. The molecule has 4 rings (SSSR count). The van der Waals surface area contributed by atoms with Crippen LogP contribution in [0.5, 0.6) is 5.75 Å². The lowest BCUT2D eigenvalue weighted by Gasteiger charge is -2.50. The van der Waals surface area contributed by atoms with E-state index in [9.17, 15) is 21.6 Å². The van der Waals surface area contributed by atoms with Gasteiger partial charge in [-0.2, -0.15) is 0 Å². The van der Waals surface area contributed by atoms with E-state index in [-0.39, 0.29) is 26.1 Å². The van der Waals surface area contributed by atoms with Gasteiger partial charge in [0.05, 0.1) is 23.2 Å². The Balaban J connectivity index is 2.04. The molecule has 2 aliphatic rings. The molecule has 30 heavy (non-hydrogen) atoms. The Labute approximate surface area is 171 Å². The number of benzene rings is 2. The van der Waals surface area contributed by atoms with Crippen molar-refractivity contribution in [2.24, 2.45) is 5.92 Å². The second-order valence-corrected chi connectivity index (χ2v) is 9.51. The van der Waals surface area contributed by atoms with Gasteiger partial charge in [-0.1, -0.05) is 6.08 Å². The van der Waals surface area contributed by atoms with Crippen LogP contribution in [0, 0.1) is 29.2 Å². The molecule has 160 valence electrons. The zero-order valence-electron chi connectivity index (χ0n) is 15.7. The van der Waals surface area contributed by atoms with Gasteiger partial charge in [0, 0.05) is 12.5 Å². The van der Waals surface area contributed by atoms with Gasteiger partial charge in [0.1, 0.15) is 10.6 Å². The molecule has 0 unspecified atom stereocenters. The topological polar surface area (TPSA) is 52.6 Å². The summed E-state index contributed by atoms with van der Waals surface area (Å²) in [5, 5.41) is 0. The van der Waals surface area contributed by atoms with Crippen molar-refractivity contribution in [2.45, 2.75) is 28.6 Å². The van der Waals surface area contributed by atoms with Gasteiger partial charge in [-0.25, -0.2) is 26.0 Å². The van der Waals surface area contributed by atoms with E-state index >= 15 is 4.39 Å². The normalized spacial score (nSPS) is 25.7. The molecule has 4 nitrogen and oxygen atoms in total. The van der Waals surface area contributed by atoms with Gasteiger partial charge in [0.15, 0.2) is 33.0 Å². The summed E-state index contributed by atoms with van der Waals surface area (Å²) in [6.07, 6.45) is 0.869. The van der Waals surface area contributed by atoms with Crippen LogP contribution in [-0.4, -0.2) is 27.7 Å². The Kier molecular flexibility index (Phi) is 5.14. The van der Waals surface area contributed by atoms with Crippen molar-refractivity contribution in [3.8, 4) is 5.75 Å². The molecule has 2 aromatic rings. The molecule has 0 aliphatic carbocycles. The molecular formula is C21H18F4O4S. The first kappa shape index (κ1) is 20.9. The van der Waals surface area contributed by atoms with E-state index in [1.165, 1.54) is 6.08 Å². The zero-order valence-corrected chi connectivity index (χ0v) is 16.5. The molecule has 9 heteroatoms. The minimum Gasteiger partial charge on any atom is -0.490 e. The number of ether oxygens (including phenoxy) is 2. The molecule has 0 spiro atoms. The van der Waals surface area contributed by atoms with Crippen molar-refractivity contribution < 1.29 is 35.5 Å². The number of hydrogen-bond donors (Lipinski definition) is 0. The lowest BCUT2D eigenvalue weighted by atomic mass is 9.75. The molecule has 2 heterocycles. The lowest BCUT2D eigenvalue weighted by Crippen LogP contribution is -2.57. The smallest absolute Gasteiger partial charge is 0.189 e. The maximum absolute atomic E-state index is 15.1. The van der Waals surface area contributed by atoms with E-state index in [2.05, 4.69) is 6.58 Å². The van der Waals surface area contributed by atoms with E-state index < -0.39 is 66.1 Å². The average Bonchev–Trinajstić information content (AvgIpc) is 2.72. The Morgan fingerprint density at radius 2 is 1.77 bits per heavy atom. The number of sulfone groups is 1. The molecule has 0 aromatic heterocycles. The Bertz CT molecular complexity index is 1120. The molecule has 1 fully saturated rings. The number of rotatable bonds is 4. The second kappa shape index (κ2) is 7.39. The lowest BCUT2D eigenvalue weighted by molar-refractivity contribution is -0.0704. The van der Waals surface area contributed by atoms with Gasteiger partial charge in [0.25, 0.3) is 0 Å². The summed E-state index contributed by atoms with van der Waals surface area (Å²) >= 11 is 0. The van der Waals surface area contributed by atoms with E-state index in [4.69, 9.17) is 9.47 Å². The van der Waals surface area contributed by atoms with Crippen LogP contribution < -0.4 is 4.74 Å². The fourth-order valence-electron chi connectivity index (χ4n) is 4.48. The van der Waals surface area contributed by atoms with Crippen molar-refractivity contribution in [3.63, 3.8) is 0 Å². The van der Waals surface area contributed by atoms with Crippen LogP contribution >= 0.6 is 0 Å². The maximum atomic E-state index is 15.1. The van der Waals surface area contributed by atoms with Gasteiger partial charge in [-0.3, -0.25) is 0 Å². The SMILES string of the molecule is C=CC[C@@H]1OCC[C@@]2(S(=O)(=O)c3ccc(F)c(F)c3)c3c(F)ccc(F)c3OC[C@@H]12. The first-order chi connectivity index (χ1) is 14.2. The number of halogens is 4. The van der Waals surface area contributed by atoms with Crippen LogP contribution in [0.4, 0.5) is 17.6 Å². The number of fused-ring (bicyclic) bond motifs is 3. The summed E-state index contributed by atoms with van der Waals surface area (Å²) in [6, 6.07) is 3.86. The van der Waals surface area contributed by atoms with Gasteiger partial charge in [0.2, 0.25) is 0 Å². The fourth-order valence-corrected chi connectivity index (χ4v) is 6.83. The van der Waals surface area contributed by atoms with Crippen LogP contribution in [0.25, 0.3) is 0 Å². The van der Waals surface area contributed by atoms with Gasteiger partial charge in [-0.05, 0) is 43.2 Å². The van der Waals surface area contributed by atoms with Gasteiger partial charge < -0.3 is 9.47 Å². The highest BCUT2D eigenvalue weighted by molar-refractivity contribution is 7.92. The minimum atomic E-state index is -4.53. The summed E-state index contributed by atoms with van der Waals surface area (Å²) in [7, 11) is -4.53. The van der Waals surface area contributed by atoms with Crippen molar-refractivity contribution >= 4 is 9.84 Å². The average molecular weight is 442 g/mol. The zero-order chi connectivity index (χ0) is 21.7. The minimum absolute atomic E-state index is 0.0622. The summed E-state index contributed by atoms with van der Waals surface area (Å²) < 4.78 is 93.8. The summed E-state index contributed by atoms with van der Waals surface area (Å²) in [5.41, 5.74) is -0.444. The van der Waals surface area contributed by atoms with E-state index in [0.717, 1.165) is 18.2 Å². The highest BCUT2D eigenvalue weighted by Gasteiger charge is 2.61. The monoisotopic (exact) mass is 442 g/mol. The highest BCUT2D eigenvalue weighted by atomic mass is 32.2. The third-order valence-corrected chi connectivity index (χ3v) is 8.37. The number of hydrogen-bond acceptors (Lipinski definition) is 4. The third kappa shape index (κ3) is 2.86. The van der Waals surface area contributed by atoms with Crippen molar-refractivity contribution in [1.82, 2.24) is 0 Å². The van der Waals surface area contributed by atoms with Crippen molar-refractivity contribution in [2.75, 3.05) is 13.2 Å². The second-order valence-electron chi connectivity index (χ2n) is 7.30. The van der Waals surface area contributed by atoms with Gasteiger partial charge in [-0.15, -0.1) is 6.58 Å². The van der Waals surface area contributed by atoms with E-state index in [1.54, 1.807) is 0 Å².